The number of allylic oxidation sites excluding steroid dienone is 1. The third-order valence-corrected chi connectivity index (χ3v) is 2.13. The minimum absolute atomic E-state index is 0.384. The number of methoxy groups -OCH3 is 1. The zero-order valence-electron chi connectivity index (χ0n) is 10.7. The van der Waals surface area contributed by atoms with Crippen LogP contribution in [0, 0.1) is 0 Å². The summed E-state index contributed by atoms with van der Waals surface area (Å²) < 4.78 is 4.98. The summed E-state index contributed by atoms with van der Waals surface area (Å²) in [7, 11) is 1.62. The standard InChI is InChI=1S/C10H10O2.C4H11N/c1-12-10-6-4-9(5-7-10)3-2-8-11;1-3-4(2)5/h2-8H,1H3;4H,3,5H2,1-2H3/b3-2+;/t;4-/m.1/s1. The largest absolute Gasteiger partial charge is 0.497 e. The summed E-state index contributed by atoms with van der Waals surface area (Å²) in [5, 5.41) is 0. The molecule has 0 fully saturated rings. The summed E-state index contributed by atoms with van der Waals surface area (Å²) in [5.74, 6) is 0.818. The molecule has 17 heavy (non-hydrogen) atoms. The number of hydrogen-bond donors (Lipinski definition) is 1. The lowest BCUT2D eigenvalue weighted by Gasteiger charge is -1.98. The van der Waals surface area contributed by atoms with Gasteiger partial charge in [0.1, 0.15) is 12.0 Å². The Hall–Kier alpha value is -1.61. The molecule has 1 aromatic carbocycles. The van der Waals surface area contributed by atoms with Crippen molar-refractivity contribution < 1.29 is 9.53 Å². The molecule has 0 saturated carbocycles. The lowest BCUT2D eigenvalue weighted by molar-refractivity contribution is -0.104. The molecule has 0 heterocycles. The molecular weight excluding hydrogens is 214 g/mol. The van der Waals surface area contributed by atoms with Crippen molar-refractivity contribution in [1.29, 1.82) is 0 Å². The van der Waals surface area contributed by atoms with Crippen molar-refractivity contribution in [2.45, 2.75) is 26.3 Å². The molecule has 2 N–H and O–H groups in total. The number of nitrogens with two attached hydrogens (primary N) is 1. The Balaban J connectivity index is 0.000000437. The lowest BCUT2D eigenvalue weighted by atomic mass is 10.2. The quantitative estimate of drug-likeness (QED) is 0.644. The van der Waals surface area contributed by atoms with Crippen LogP contribution in [0.1, 0.15) is 25.8 Å². The zero-order chi connectivity index (χ0) is 13.1. The van der Waals surface area contributed by atoms with E-state index in [0.29, 0.717) is 6.04 Å². The predicted molar refractivity (Wildman–Crippen MR) is 72.0 cm³/mol. The fraction of sp³-hybridized carbons (Fsp3) is 0.357. The van der Waals surface area contributed by atoms with Crippen molar-refractivity contribution in [1.82, 2.24) is 0 Å². The molecule has 0 spiro atoms. The minimum atomic E-state index is 0.384. The number of carbonyl (C=O) groups is 1. The van der Waals surface area contributed by atoms with Gasteiger partial charge in [-0.15, -0.1) is 0 Å². The van der Waals surface area contributed by atoms with Gasteiger partial charge in [0, 0.05) is 6.04 Å². The minimum Gasteiger partial charge on any atom is -0.497 e. The molecule has 1 aromatic rings. The van der Waals surface area contributed by atoms with Gasteiger partial charge in [-0.2, -0.15) is 0 Å². The van der Waals surface area contributed by atoms with Crippen LogP contribution in [-0.2, 0) is 4.79 Å². The van der Waals surface area contributed by atoms with E-state index in [1.807, 2.05) is 31.2 Å². The average molecular weight is 235 g/mol. The summed E-state index contributed by atoms with van der Waals surface area (Å²) in [5.41, 5.74) is 6.28. The molecule has 0 unspecified atom stereocenters. The smallest absolute Gasteiger partial charge is 0.142 e. The third kappa shape index (κ3) is 8.22. The van der Waals surface area contributed by atoms with Crippen LogP contribution in [0.3, 0.4) is 0 Å². The summed E-state index contributed by atoms with van der Waals surface area (Å²) >= 11 is 0. The first-order chi connectivity index (χ1) is 8.13. The van der Waals surface area contributed by atoms with Gasteiger partial charge >= 0.3 is 0 Å². The SMILES string of the molecule is CC[C@@H](C)N.COc1ccc(/C=C/C=O)cc1. The van der Waals surface area contributed by atoms with E-state index >= 15 is 0 Å². The number of aldehydes is 1. The van der Waals surface area contributed by atoms with E-state index in [1.54, 1.807) is 13.2 Å². The monoisotopic (exact) mass is 235 g/mol. The summed E-state index contributed by atoms with van der Waals surface area (Å²) in [6, 6.07) is 7.86. The molecule has 0 aliphatic heterocycles. The lowest BCUT2D eigenvalue weighted by Crippen LogP contribution is -2.11. The van der Waals surface area contributed by atoms with Gasteiger partial charge in [0.05, 0.1) is 7.11 Å². The maximum Gasteiger partial charge on any atom is 0.142 e. The zero-order valence-corrected chi connectivity index (χ0v) is 10.7. The highest BCUT2D eigenvalue weighted by atomic mass is 16.5. The van der Waals surface area contributed by atoms with Gasteiger partial charge in [-0.05, 0) is 37.1 Å². The van der Waals surface area contributed by atoms with Gasteiger partial charge in [-0.25, -0.2) is 0 Å². The van der Waals surface area contributed by atoms with Crippen molar-refractivity contribution in [2.75, 3.05) is 7.11 Å². The first kappa shape index (κ1) is 15.4. The van der Waals surface area contributed by atoms with Crippen LogP contribution in [0.4, 0.5) is 0 Å². The normalized spacial score (nSPS) is 11.5. The Morgan fingerprint density at radius 3 is 2.24 bits per heavy atom. The summed E-state index contributed by atoms with van der Waals surface area (Å²) in [6.45, 7) is 4.07. The Morgan fingerprint density at radius 1 is 1.35 bits per heavy atom. The average Bonchev–Trinajstić information content (AvgIpc) is 2.37. The second kappa shape index (κ2) is 9.60. The van der Waals surface area contributed by atoms with Gasteiger partial charge in [0.15, 0.2) is 0 Å². The molecule has 94 valence electrons. The van der Waals surface area contributed by atoms with E-state index in [-0.39, 0.29) is 0 Å². The molecular formula is C14H21NO2. The molecule has 0 radical (unpaired) electrons. The summed E-state index contributed by atoms with van der Waals surface area (Å²) in [4.78, 5) is 9.99. The molecule has 0 bridgehead atoms. The molecule has 0 amide bonds. The van der Waals surface area contributed by atoms with Gasteiger partial charge in [0.25, 0.3) is 0 Å². The first-order valence-electron chi connectivity index (χ1n) is 5.65. The Bertz CT molecular complexity index is 329. The van der Waals surface area contributed by atoms with E-state index < -0.39 is 0 Å². The highest BCUT2D eigenvalue weighted by Gasteiger charge is 1.88. The van der Waals surface area contributed by atoms with Crippen LogP contribution in [0.2, 0.25) is 0 Å². The Morgan fingerprint density at radius 2 is 1.88 bits per heavy atom. The van der Waals surface area contributed by atoms with Gasteiger partial charge < -0.3 is 10.5 Å². The van der Waals surface area contributed by atoms with Crippen molar-refractivity contribution in [3.63, 3.8) is 0 Å². The fourth-order valence-electron chi connectivity index (χ4n) is 0.865. The second-order valence-electron chi connectivity index (χ2n) is 3.65. The predicted octanol–water partition coefficient (Wildman–Crippen LogP) is 2.65. The molecule has 1 rings (SSSR count). The van der Waals surface area contributed by atoms with Gasteiger partial charge in [0.2, 0.25) is 0 Å². The van der Waals surface area contributed by atoms with Crippen LogP contribution in [-0.4, -0.2) is 19.4 Å². The van der Waals surface area contributed by atoms with Gasteiger partial charge in [-0.1, -0.05) is 25.1 Å². The van der Waals surface area contributed by atoms with Crippen LogP contribution in [0.5, 0.6) is 5.75 Å². The molecule has 0 aliphatic carbocycles. The topological polar surface area (TPSA) is 52.3 Å². The number of benzene rings is 1. The highest BCUT2D eigenvalue weighted by Crippen LogP contribution is 2.11. The van der Waals surface area contributed by atoms with E-state index in [0.717, 1.165) is 24.0 Å². The molecule has 3 heteroatoms. The Kier molecular flexibility index (Phi) is 8.69. The van der Waals surface area contributed by atoms with E-state index in [4.69, 9.17) is 10.5 Å². The molecule has 0 aliphatic rings. The van der Waals surface area contributed by atoms with Crippen molar-refractivity contribution in [3.8, 4) is 5.75 Å². The number of carbonyl (C=O) groups excluding carboxylic acids is 1. The number of ether oxygens (including phenoxy) is 1. The van der Waals surface area contributed by atoms with E-state index in [2.05, 4.69) is 6.92 Å². The van der Waals surface area contributed by atoms with Crippen molar-refractivity contribution >= 4 is 12.4 Å². The highest BCUT2D eigenvalue weighted by molar-refractivity contribution is 5.73. The second-order valence-corrected chi connectivity index (χ2v) is 3.65. The molecule has 0 saturated heterocycles. The maximum absolute atomic E-state index is 9.99. The molecule has 0 aromatic heterocycles. The first-order valence-corrected chi connectivity index (χ1v) is 5.65. The van der Waals surface area contributed by atoms with Crippen molar-refractivity contribution in [2.24, 2.45) is 5.73 Å². The van der Waals surface area contributed by atoms with Crippen LogP contribution in [0.25, 0.3) is 6.08 Å². The molecule has 1 atom stereocenters. The van der Waals surface area contributed by atoms with Crippen LogP contribution >= 0.6 is 0 Å². The van der Waals surface area contributed by atoms with E-state index in [9.17, 15) is 4.79 Å². The Labute approximate surface area is 103 Å². The summed E-state index contributed by atoms with van der Waals surface area (Å²) in [6.07, 6.45) is 5.04. The number of hydrogen-bond acceptors (Lipinski definition) is 3. The van der Waals surface area contributed by atoms with Crippen LogP contribution in [0.15, 0.2) is 30.3 Å². The van der Waals surface area contributed by atoms with Gasteiger partial charge in [-0.3, -0.25) is 4.79 Å². The third-order valence-electron chi connectivity index (χ3n) is 2.13. The van der Waals surface area contributed by atoms with Crippen LogP contribution < -0.4 is 10.5 Å². The van der Waals surface area contributed by atoms with Crippen molar-refractivity contribution in [3.05, 3.63) is 35.9 Å². The molecule has 3 nitrogen and oxygen atoms in total. The fourth-order valence-corrected chi connectivity index (χ4v) is 0.865. The maximum atomic E-state index is 9.99. The number of rotatable bonds is 4. The van der Waals surface area contributed by atoms with E-state index in [1.165, 1.54) is 6.08 Å².